The van der Waals surface area contributed by atoms with E-state index in [-0.39, 0.29) is 24.5 Å². The van der Waals surface area contributed by atoms with Gasteiger partial charge in [0.15, 0.2) is 0 Å². The van der Waals surface area contributed by atoms with Crippen molar-refractivity contribution < 1.29 is 27.5 Å². The Morgan fingerprint density at radius 1 is 1.07 bits per heavy atom. The summed E-state index contributed by atoms with van der Waals surface area (Å²) in [5.74, 6) is -2.39. The van der Waals surface area contributed by atoms with E-state index in [1.807, 2.05) is 18.2 Å². The molecule has 2 unspecified atom stereocenters. The Balaban J connectivity index is 1.67. The van der Waals surface area contributed by atoms with Crippen molar-refractivity contribution in [2.45, 2.75) is 55.0 Å². The predicted octanol–water partition coefficient (Wildman–Crippen LogP) is 2.44. The first kappa shape index (κ1) is 29.7. The van der Waals surface area contributed by atoms with Gasteiger partial charge in [-0.1, -0.05) is 42.5 Å². The normalized spacial score (nSPS) is 16.8. The van der Waals surface area contributed by atoms with Gasteiger partial charge >= 0.3 is 5.97 Å². The number of sulfone groups is 1. The fourth-order valence-electron chi connectivity index (χ4n) is 4.88. The lowest BCUT2D eigenvalue weighted by molar-refractivity contribution is -0.156. The summed E-state index contributed by atoms with van der Waals surface area (Å²) in [6, 6.07) is 18.0. The molecular formula is C30H32N4O6S. The third kappa shape index (κ3) is 6.73. The van der Waals surface area contributed by atoms with E-state index < -0.39 is 45.1 Å². The molecule has 1 saturated heterocycles. The van der Waals surface area contributed by atoms with Crippen molar-refractivity contribution >= 4 is 38.4 Å². The molecule has 1 aliphatic heterocycles. The zero-order chi connectivity index (χ0) is 29.6. The van der Waals surface area contributed by atoms with Gasteiger partial charge in [0, 0.05) is 6.54 Å². The van der Waals surface area contributed by atoms with Crippen LogP contribution in [0.2, 0.25) is 0 Å². The number of rotatable bonds is 9. The molecule has 3 N–H and O–H groups in total. The molecule has 3 atom stereocenters. The highest BCUT2D eigenvalue weighted by Gasteiger charge is 2.43. The first-order valence-electron chi connectivity index (χ1n) is 13.4. The van der Waals surface area contributed by atoms with E-state index in [9.17, 15) is 22.8 Å². The maximum atomic E-state index is 14.0. The number of hydrogen-bond acceptors (Lipinski definition) is 8. The maximum Gasteiger partial charge on any atom is 0.328 e. The smallest absolute Gasteiger partial charge is 0.328 e. The Hall–Kier alpha value is -4.27. The number of benzene rings is 3. The molecule has 0 aliphatic carbocycles. The molecule has 3 aromatic rings. The molecule has 2 amide bonds. The van der Waals surface area contributed by atoms with Gasteiger partial charge in [-0.3, -0.25) is 9.59 Å². The van der Waals surface area contributed by atoms with Gasteiger partial charge in [-0.2, -0.15) is 5.26 Å². The standard InChI is InChI=1S/C30H32N4O6S/c1-2-40-30(37)26-9-5-6-16-34(26)29(36)28(33-27(35)25(32)17-20-10-12-21(19-31)13-11-20)41(38,39)24-15-14-22-7-3-4-8-23(22)18-24/h3-4,7-8,10-15,18,25-26,28H,2,5-6,9,16-17,32H2,1H3,(H,33,35)/t25-,26?,28?/m0/s1. The average Bonchev–Trinajstić information content (AvgIpc) is 2.99. The number of nitriles is 1. The van der Waals surface area contributed by atoms with Crippen molar-refractivity contribution in [1.82, 2.24) is 10.2 Å². The minimum Gasteiger partial charge on any atom is -0.464 e. The van der Waals surface area contributed by atoms with Gasteiger partial charge in [0.1, 0.15) is 6.04 Å². The van der Waals surface area contributed by atoms with Crippen molar-refractivity contribution in [1.29, 1.82) is 5.26 Å². The van der Waals surface area contributed by atoms with Gasteiger partial charge in [0.2, 0.25) is 21.1 Å². The van der Waals surface area contributed by atoms with E-state index in [0.717, 1.165) is 5.39 Å². The summed E-state index contributed by atoms with van der Waals surface area (Å²) in [5, 5.41) is 10.8. The zero-order valence-corrected chi connectivity index (χ0v) is 23.5. The summed E-state index contributed by atoms with van der Waals surface area (Å²) < 4.78 is 33.2. The number of fused-ring (bicyclic) bond motifs is 1. The summed E-state index contributed by atoms with van der Waals surface area (Å²) in [5.41, 5.74) is 7.25. The lowest BCUT2D eigenvalue weighted by atomic mass is 10.0. The van der Waals surface area contributed by atoms with Crippen molar-refractivity contribution in [2.75, 3.05) is 13.2 Å². The molecular weight excluding hydrogens is 544 g/mol. The minimum atomic E-state index is -4.48. The second-order valence-electron chi connectivity index (χ2n) is 9.86. The van der Waals surface area contributed by atoms with Gasteiger partial charge in [-0.25, -0.2) is 13.2 Å². The Labute approximate surface area is 239 Å². The average molecular weight is 577 g/mol. The fraction of sp³-hybridized carbons (Fsp3) is 0.333. The summed E-state index contributed by atoms with van der Waals surface area (Å²) in [4.78, 5) is 40.9. The molecule has 10 nitrogen and oxygen atoms in total. The first-order chi connectivity index (χ1) is 19.6. The topological polar surface area (TPSA) is 160 Å². The van der Waals surface area contributed by atoms with Crippen LogP contribution < -0.4 is 11.1 Å². The van der Waals surface area contributed by atoms with E-state index in [1.165, 1.54) is 17.0 Å². The summed E-state index contributed by atoms with van der Waals surface area (Å²) >= 11 is 0. The summed E-state index contributed by atoms with van der Waals surface area (Å²) in [6.07, 6.45) is 1.59. The number of piperidine rings is 1. The molecule has 1 aliphatic rings. The third-order valence-electron chi connectivity index (χ3n) is 7.08. The second kappa shape index (κ2) is 12.9. The number of nitrogens with two attached hydrogens (primary N) is 1. The minimum absolute atomic E-state index is 0.0453. The number of nitrogens with one attached hydrogen (secondary N) is 1. The Morgan fingerprint density at radius 2 is 1.78 bits per heavy atom. The number of esters is 1. The number of carbonyl (C=O) groups is 3. The van der Waals surface area contributed by atoms with Crippen LogP contribution in [0.1, 0.15) is 37.3 Å². The van der Waals surface area contributed by atoms with Crippen LogP contribution in [0.4, 0.5) is 0 Å². The summed E-state index contributed by atoms with van der Waals surface area (Å²) in [7, 11) is -4.48. The van der Waals surface area contributed by atoms with E-state index in [2.05, 4.69) is 5.32 Å². The molecule has 1 fully saturated rings. The van der Waals surface area contributed by atoms with Crippen molar-refractivity contribution in [3.05, 3.63) is 77.9 Å². The molecule has 0 bridgehead atoms. The maximum absolute atomic E-state index is 14.0. The molecule has 4 rings (SSSR count). The van der Waals surface area contributed by atoms with Crippen LogP contribution in [0.25, 0.3) is 10.8 Å². The predicted molar refractivity (Wildman–Crippen MR) is 152 cm³/mol. The van der Waals surface area contributed by atoms with Gasteiger partial charge in [0.25, 0.3) is 5.91 Å². The van der Waals surface area contributed by atoms with Gasteiger partial charge < -0.3 is 20.7 Å². The van der Waals surface area contributed by atoms with E-state index >= 15 is 0 Å². The van der Waals surface area contributed by atoms with E-state index in [1.54, 1.807) is 49.4 Å². The lowest BCUT2D eigenvalue weighted by Gasteiger charge is -2.36. The number of amides is 2. The second-order valence-corrected chi connectivity index (χ2v) is 11.9. The van der Waals surface area contributed by atoms with Crippen LogP contribution in [-0.4, -0.2) is 61.7 Å². The van der Waals surface area contributed by atoms with Crippen LogP contribution in [0.15, 0.2) is 71.6 Å². The third-order valence-corrected chi connectivity index (χ3v) is 8.93. The van der Waals surface area contributed by atoms with E-state index in [4.69, 9.17) is 15.7 Å². The van der Waals surface area contributed by atoms with Crippen LogP contribution in [-0.2, 0) is 35.4 Å². The Kier molecular flexibility index (Phi) is 9.37. The van der Waals surface area contributed by atoms with Crippen LogP contribution >= 0.6 is 0 Å². The molecule has 41 heavy (non-hydrogen) atoms. The number of ether oxygens (including phenoxy) is 1. The Morgan fingerprint density at radius 3 is 2.46 bits per heavy atom. The number of hydrogen-bond donors (Lipinski definition) is 2. The van der Waals surface area contributed by atoms with Gasteiger partial charge in [-0.05, 0) is 73.2 Å². The number of likely N-dealkylation sites (tertiary alicyclic amines) is 1. The fourth-order valence-corrected chi connectivity index (χ4v) is 6.37. The molecule has 0 saturated carbocycles. The SMILES string of the molecule is CCOC(=O)C1CCCCN1C(=O)C(NC(=O)[C@@H](N)Cc1ccc(C#N)cc1)S(=O)(=O)c1ccc2ccccc2c1. The highest BCUT2D eigenvalue weighted by atomic mass is 32.2. The quantitative estimate of drug-likeness (QED) is 0.368. The number of nitrogens with zero attached hydrogens (tertiary/aromatic N) is 2. The van der Waals surface area contributed by atoms with Crippen molar-refractivity contribution in [3.63, 3.8) is 0 Å². The molecule has 0 radical (unpaired) electrons. The first-order valence-corrected chi connectivity index (χ1v) is 14.9. The van der Waals surface area contributed by atoms with Crippen LogP contribution in [0.5, 0.6) is 0 Å². The zero-order valence-electron chi connectivity index (χ0n) is 22.7. The largest absolute Gasteiger partial charge is 0.464 e. The molecule has 11 heteroatoms. The molecule has 0 spiro atoms. The van der Waals surface area contributed by atoms with Gasteiger partial charge in [0.05, 0.1) is 29.2 Å². The Bertz CT molecular complexity index is 1580. The van der Waals surface area contributed by atoms with E-state index in [0.29, 0.717) is 35.8 Å². The lowest BCUT2D eigenvalue weighted by Crippen LogP contribution is -2.59. The molecule has 214 valence electrons. The number of carbonyl (C=O) groups excluding carboxylic acids is 3. The van der Waals surface area contributed by atoms with Crippen LogP contribution in [0, 0.1) is 11.3 Å². The van der Waals surface area contributed by atoms with Crippen LogP contribution in [0.3, 0.4) is 0 Å². The monoisotopic (exact) mass is 576 g/mol. The van der Waals surface area contributed by atoms with Crippen molar-refractivity contribution in [3.8, 4) is 6.07 Å². The summed E-state index contributed by atoms with van der Waals surface area (Å²) in [6.45, 7) is 1.89. The van der Waals surface area contributed by atoms with Crippen molar-refractivity contribution in [2.24, 2.45) is 5.73 Å². The molecule has 1 heterocycles. The van der Waals surface area contributed by atoms with Gasteiger partial charge in [-0.15, -0.1) is 0 Å². The molecule has 0 aromatic heterocycles. The highest BCUT2D eigenvalue weighted by Crippen LogP contribution is 2.25. The molecule has 3 aromatic carbocycles. The highest BCUT2D eigenvalue weighted by molar-refractivity contribution is 7.92.